The number of aromatic nitrogens is 5. The van der Waals surface area contributed by atoms with E-state index in [4.69, 9.17) is 5.73 Å². The molecule has 39 heavy (non-hydrogen) atoms. The average molecular weight is 551 g/mol. The number of nitrogens with one attached hydrogen (secondary N) is 1. The molecule has 1 aliphatic heterocycles. The highest BCUT2D eigenvalue weighted by molar-refractivity contribution is 7.90. The Morgan fingerprint density at radius 2 is 1.95 bits per heavy atom. The number of fused-ring (bicyclic) bond motifs is 1. The molecule has 2 atom stereocenters. The summed E-state index contributed by atoms with van der Waals surface area (Å²) in [5.74, 6) is 1.02. The summed E-state index contributed by atoms with van der Waals surface area (Å²) in [6, 6.07) is 5.53. The van der Waals surface area contributed by atoms with Crippen LogP contribution in [0.15, 0.2) is 43.0 Å². The van der Waals surface area contributed by atoms with E-state index in [0.717, 1.165) is 29.2 Å². The second-order valence-corrected chi connectivity index (χ2v) is 13.1. The Balaban J connectivity index is 1.32. The van der Waals surface area contributed by atoms with E-state index >= 15 is 4.39 Å². The van der Waals surface area contributed by atoms with Crippen molar-refractivity contribution in [2.45, 2.75) is 44.8 Å². The quantitative estimate of drug-likeness (QED) is 0.334. The first-order valence-electron chi connectivity index (χ1n) is 13.0. The zero-order valence-electron chi connectivity index (χ0n) is 22.0. The first-order chi connectivity index (χ1) is 18.6. The smallest absolute Gasteiger partial charge is 0.164 e. The number of nitrogens with two attached hydrogens (primary N) is 1. The Bertz CT molecular complexity index is 1670. The van der Waals surface area contributed by atoms with Crippen molar-refractivity contribution in [1.82, 2.24) is 24.7 Å². The van der Waals surface area contributed by atoms with Crippen LogP contribution >= 0.6 is 0 Å². The molecule has 0 amide bonds. The van der Waals surface area contributed by atoms with Gasteiger partial charge in [0.1, 0.15) is 27.3 Å². The molecule has 6 rings (SSSR count). The normalized spacial score (nSPS) is 19.5. The van der Waals surface area contributed by atoms with Gasteiger partial charge in [-0.15, -0.1) is 0 Å². The van der Waals surface area contributed by atoms with Crippen molar-refractivity contribution in [3.05, 3.63) is 54.4 Å². The SMILES string of the molecule is CC(C)c1c(F)cc(N2C[C@H](CS(C)(=O)=O)[C@H]2N)c2cnc(Nc3ccnc(-c4cnn(C5CC5)c4)n3)cc12. The lowest BCUT2D eigenvalue weighted by Gasteiger charge is -2.47. The summed E-state index contributed by atoms with van der Waals surface area (Å²) < 4.78 is 41.0. The number of sulfone groups is 1. The topological polar surface area (TPSA) is 132 Å². The third kappa shape index (κ3) is 5.06. The Morgan fingerprint density at radius 1 is 1.15 bits per heavy atom. The summed E-state index contributed by atoms with van der Waals surface area (Å²) in [7, 11) is -3.16. The standard InChI is InChI=1S/C27H31FN8O2S/c1-15(2)25-19-8-24(33-23-6-7-30-27(34-23)16-10-32-36(13-16)18-4-5-18)31-11-20(19)22(9-21(25)28)35-12-17(26(35)29)14-39(3,37)38/h6-11,13,15,17-18,26H,4-5,12,14,29H2,1-3H3,(H,30,31,33,34)/t17-,26+/m1/s1. The minimum absolute atomic E-state index is 0.00374. The van der Waals surface area contributed by atoms with Crippen LogP contribution in [0.4, 0.5) is 21.7 Å². The molecule has 1 saturated heterocycles. The molecule has 0 unspecified atom stereocenters. The lowest BCUT2D eigenvalue weighted by Crippen LogP contribution is -2.63. The van der Waals surface area contributed by atoms with E-state index in [2.05, 4.69) is 25.4 Å². The summed E-state index contributed by atoms with van der Waals surface area (Å²) in [6.07, 6.45) is 10.1. The summed E-state index contributed by atoms with van der Waals surface area (Å²) in [5.41, 5.74) is 8.38. The minimum atomic E-state index is -3.16. The van der Waals surface area contributed by atoms with Crippen LogP contribution < -0.4 is 16.0 Å². The number of anilines is 3. The molecule has 0 spiro atoms. The molecular formula is C27H31FN8O2S. The van der Waals surface area contributed by atoms with E-state index in [1.54, 1.807) is 24.7 Å². The first kappa shape index (κ1) is 25.6. The summed E-state index contributed by atoms with van der Waals surface area (Å²) in [5, 5.41) is 9.14. The maximum absolute atomic E-state index is 15.5. The van der Waals surface area contributed by atoms with Crippen LogP contribution in [0.3, 0.4) is 0 Å². The number of nitrogens with zero attached hydrogens (tertiary/aromatic N) is 6. The molecule has 12 heteroatoms. The van der Waals surface area contributed by atoms with Crippen molar-refractivity contribution < 1.29 is 12.8 Å². The molecule has 10 nitrogen and oxygen atoms in total. The predicted molar refractivity (Wildman–Crippen MR) is 149 cm³/mol. The molecule has 204 valence electrons. The van der Waals surface area contributed by atoms with E-state index in [9.17, 15) is 8.42 Å². The fourth-order valence-electron chi connectivity index (χ4n) is 5.27. The number of halogens is 1. The molecule has 1 aromatic carbocycles. The predicted octanol–water partition coefficient (Wildman–Crippen LogP) is 3.99. The highest BCUT2D eigenvalue weighted by atomic mass is 32.2. The van der Waals surface area contributed by atoms with Crippen LogP contribution in [0, 0.1) is 11.7 Å². The van der Waals surface area contributed by atoms with E-state index in [0.29, 0.717) is 41.3 Å². The van der Waals surface area contributed by atoms with Gasteiger partial charge in [-0.2, -0.15) is 5.10 Å². The van der Waals surface area contributed by atoms with Gasteiger partial charge in [-0.3, -0.25) is 4.68 Å². The highest BCUT2D eigenvalue weighted by Crippen LogP contribution is 2.40. The van der Waals surface area contributed by atoms with Gasteiger partial charge in [-0.25, -0.2) is 27.8 Å². The Hall–Kier alpha value is -3.64. The fraction of sp³-hybridized carbons (Fsp3) is 0.407. The largest absolute Gasteiger partial charge is 0.355 e. The van der Waals surface area contributed by atoms with Crippen molar-refractivity contribution in [1.29, 1.82) is 0 Å². The molecule has 0 radical (unpaired) electrons. The fourth-order valence-corrected chi connectivity index (χ4v) is 6.35. The molecule has 4 heterocycles. The molecule has 1 aliphatic carbocycles. The average Bonchev–Trinajstić information content (AvgIpc) is 3.61. The number of hydrogen-bond donors (Lipinski definition) is 2. The third-order valence-electron chi connectivity index (χ3n) is 7.36. The lowest BCUT2D eigenvalue weighted by molar-refractivity contribution is 0.327. The zero-order chi connectivity index (χ0) is 27.5. The van der Waals surface area contributed by atoms with Crippen LogP contribution in [0.2, 0.25) is 0 Å². The van der Waals surface area contributed by atoms with Gasteiger partial charge in [-0.1, -0.05) is 13.8 Å². The van der Waals surface area contributed by atoms with Crippen LogP contribution in [0.5, 0.6) is 0 Å². The van der Waals surface area contributed by atoms with E-state index < -0.39 is 16.0 Å². The summed E-state index contributed by atoms with van der Waals surface area (Å²) >= 11 is 0. The van der Waals surface area contributed by atoms with Crippen molar-refractivity contribution in [2.24, 2.45) is 11.7 Å². The second kappa shape index (κ2) is 9.53. The van der Waals surface area contributed by atoms with Crippen molar-refractivity contribution in [3.63, 3.8) is 0 Å². The van der Waals surface area contributed by atoms with Crippen molar-refractivity contribution in [3.8, 4) is 11.4 Å². The maximum atomic E-state index is 15.5. The number of benzene rings is 1. The van der Waals surface area contributed by atoms with Gasteiger partial charge < -0.3 is 16.0 Å². The maximum Gasteiger partial charge on any atom is 0.164 e. The van der Waals surface area contributed by atoms with Gasteiger partial charge in [0.05, 0.1) is 35.4 Å². The van der Waals surface area contributed by atoms with Gasteiger partial charge in [0.25, 0.3) is 0 Å². The molecule has 1 saturated carbocycles. The van der Waals surface area contributed by atoms with Gasteiger partial charge in [0.2, 0.25) is 0 Å². The molecule has 2 aliphatic rings. The Morgan fingerprint density at radius 3 is 2.64 bits per heavy atom. The molecule has 2 fully saturated rings. The van der Waals surface area contributed by atoms with Gasteiger partial charge in [0, 0.05) is 42.7 Å². The molecular weight excluding hydrogens is 519 g/mol. The van der Waals surface area contributed by atoms with Crippen LogP contribution in [-0.2, 0) is 9.84 Å². The van der Waals surface area contributed by atoms with Crippen LogP contribution in [-0.4, -0.2) is 57.9 Å². The highest BCUT2D eigenvalue weighted by Gasteiger charge is 2.39. The Kier molecular flexibility index (Phi) is 6.26. The summed E-state index contributed by atoms with van der Waals surface area (Å²) in [6.45, 7) is 4.33. The number of rotatable bonds is 8. The lowest BCUT2D eigenvalue weighted by atomic mass is 9.91. The third-order valence-corrected chi connectivity index (χ3v) is 8.39. The van der Waals surface area contributed by atoms with Gasteiger partial charge in [0.15, 0.2) is 5.82 Å². The number of pyridine rings is 1. The molecule has 3 aromatic heterocycles. The second-order valence-electron chi connectivity index (χ2n) is 10.9. The summed E-state index contributed by atoms with van der Waals surface area (Å²) in [4.78, 5) is 15.5. The van der Waals surface area contributed by atoms with E-state index in [-0.39, 0.29) is 23.4 Å². The van der Waals surface area contributed by atoms with E-state index in [1.165, 1.54) is 12.3 Å². The van der Waals surface area contributed by atoms with Crippen LogP contribution in [0.25, 0.3) is 22.2 Å². The van der Waals surface area contributed by atoms with Crippen molar-refractivity contribution in [2.75, 3.05) is 28.8 Å². The first-order valence-corrected chi connectivity index (χ1v) is 15.1. The Labute approximate surface area is 226 Å². The van der Waals surface area contributed by atoms with Crippen LogP contribution in [0.1, 0.15) is 44.2 Å². The van der Waals surface area contributed by atoms with Gasteiger partial charge >= 0.3 is 0 Å². The number of hydrogen-bond acceptors (Lipinski definition) is 9. The van der Waals surface area contributed by atoms with E-state index in [1.807, 2.05) is 35.7 Å². The van der Waals surface area contributed by atoms with Gasteiger partial charge in [-0.05, 0) is 47.9 Å². The zero-order valence-corrected chi connectivity index (χ0v) is 22.9. The molecule has 4 aromatic rings. The minimum Gasteiger partial charge on any atom is -0.355 e. The molecule has 0 bridgehead atoms. The molecule has 3 N–H and O–H groups in total. The van der Waals surface area contributed by atoms with Crippen molar-refractivity contribution >= 4 is 37.9 Å². The monoisotopic (exact) mass is 550 g/mol.